The fourth-order valence-electron chi connectivity index (χ4n) is 3.93. The number of ether oxygens (including phenoxy) is 1. The van der Waals surface area contributed by atoms with Crippen LogP contribution in [0.25, 0.3) is 22.3 Å². The summed E-state index contributed by atoms with van der Waals surface area (Å²) in [6, 6.07) is 28.4. The average Bonchev–Trinajstić information content (AvgIpc) is 3.31. The number of anilines is 1. The predicted octanol–water partition coefficient (Wildman–Crippen LogP) is 5.28. The van der Waals surface area contributed by atoms with E-state index < -0.39 is 0 Å². The van der Waals surface area contributed by atoms with Crippen LogP contribution >= 0.6 is 0 Å². The van der Waals surface area contributed by atoms with Crippen LogP contribution in [0.3, 0.4) is 0 Å². The Balaban J connectivity index is 1.61. The van der Waals surface area contributed by atoms with Gasteiger partial charge in [-0.2, -0.15) is 10.4 Å². The molecule has 0 unspecified atom stereocenters. The first-order valence-corrected chi connectivity index (χ1v) is 11.0. The first-order valence-electron chi connectivity index (χ1n) is 11.0. The van der Waals surface area contributed by atoms with Crippen molar-refractivity contribution in [3.05, 3.63) is 108 Å². The van der Waals surface area contributed by atoms with Crippen LogP contribution in [-0.2, 0) is 6.54 Å². The predicted molar refractivity (Wildman–Crippen MR) is 134 cm³/mol. The van der Waals surface area contributed by atoms with Gasteiger partial charge in [0, 0.05) is 5.56 Å². The van der Waals surface area contributed by atoms with Gasteiger partial charge in [0.15, 0.2) is 5.65 Å². The number of aromatic nitrogens is 3. The van der Waals surface area contributed by atoms with Crippen molar-refractivity contribution in [1.82, 2.24) is 14.8 Å². The van der Waals surface area contributed by atoms with Crippen LogP contribution in [0.5, 0.6) is 5.75 Å². The van der Waals surface area contributed by atoms with Crippen molar-refractivity contribution >= 4 is 22.6 Å². The van der Waals surface area contributed by atoms with Gasteiger partial charge in [0.1, 0.15) is 5.75 Å². The lowest BCUT2D eigenvalue weighted by Crippen LogP contribution is -2.14. The van der Waals surface area contributed by atoms with Gasteiger partial charge in [-0.25, -0.2) is 9.67 Å². The molecule has 7 nitrogen and oxygen atoms in total. The van der Waals surface area contributed by atoms with Gasteiger partial charge in [-0.1, -0.05) is 60.7 Å². The first kappa shape index (κ1) is 21.9. The Morgan fingerprint density at radius 3 is 2.49 bits per heavy atom. The van der Waals surface area contributed by atoms with E-state index in [1.807, 2.05) is 60.7 Å². The van der Waals surface area contributed by atoms with Gasteiger partial charge in [-0.15, -0.1) is 0 Å². The van der Waals surface area contributed by atoms with E-state index in [2.05, 4.69) is 16.5 Å². The second kappa shape index (κ2) is 9.49. The number of nitrogens with zero attached hydrogens (tertiary/aromatic N) is 4. The van der Waals surface area contributed by atoms with E-state index in [4.69, 9.17) is 9.72 Å². The number of nitriles is 1. The molecule has 5 rings (SSSR count). The van der Waals surface area contributed by atoms with Gasteiger partial charge >= 0.3 is 0 Å². The van der Waals surface area contributed by atoms with Crippen molar-refractivity contribution in [3.63, 3.8) is 0 Å². The third kappa shape index (κ3) is 4.45. The highest BCUT2D eigenvalue weighted by molar-refractivity contribution is 6.13. The van der Waals surface area contributed by atoms with E-state index >= 15 is 0 Å². The molecule has 170 valence electrons. The maximum absolute atomic E-state index is 13.5. The molecule has 7 heteroatoms. The summed E-state index contributed by atoms with van der Waals surface area (Å²) in [7, 11) is 1.52. The van der Waals surface area contributed by atoms with Gasteiger partial charge < -0.3 is 10.1 Å². The van der Waals surface area contributed by atoms with Crippen LogP contribution in [0.4, 0.5) is 5.69 Å². The van der Waals surface area contributed by atoms with Crippen LogP contribution in [0.15, 0.2) is 91.1 Å². The zero-order valence-electron chi connectivity index (χ0n) is 19.0. The topological polar surface area (TPSA) is 92.8 Å². The maximum Gasteiger partial charge on any atom is 0.256 e. The van der Waals surface area contributed by atoms with Crippen LogP contribution in [-0.4, -0.2) is 27.8 Å². The molecule has 0 radical (unpaired) electrons. The van der Waals surface area contributed by atoms with Crippen LogP contribution < -0.4 is 10.1 Å². The number of amides is 1. The summed E-state index contributed by atoms with van der Waals surface area (Å²) < 4.78 is 7.18. The average molecular weight is 460 g/mol. The van der Waals surface area contributed by atoms with E-state index in [0.29, 0.717) is 45.8 Å². The Morgan fingerprint density at radius 2 is 1.77 bits per heavy atom. The van der Waals surface area contributed by atoms with Gasteiger partial charge in [0.2, 0.25) is 0 Å². The van der Waals surface area contributed by atoms with Crippen molar-refractivity contribution in [1.29, 1.82) is 5.26 Å². The van der Waals surface area contributed by atoms with Crippen molar-refractivity contribution < 1.29 is 9.53 Å². The van der Waals surface area contributed by atoms with Gasteiger partial charge in [-0.3, -0.25) is 4.79 Å². The lowest BCUT2D eigenvalue weighted by atomic mass is 10.1. The molecule has 2 aromatic heterocycles. The number of hydrogen-bond donors (Lipinski definition) is 1. The number of hydrogen-bond acceptors (Lipinski definition) is 5. The maximum atomic E-state index is 13.5. The smallest absolute Gasteiger partial charge is 0.256 e. The molecule has 1 amide bonds. The van der Waals surface area contributed by atoms with Crippen LogP contribution in [0, 0.1) is 11.3 Å². The monoisotopic (exact) mass is 459 g/mol. The number of benzene rings is 3. The minimum Gasteiger partial charge on any atom is -0.495 e. The van der Waals surface area contributed by atoms with Crippen LogP contribution in [0.1, 0.15) is 21.5 Å². The lowest BCUT2D eigenvalue weighted by molar-refractivity contribution is 0.102. The Kier molecular flexibility index (Phi) is 5.93. The zero-order valence-corrected chi connectivity index (χ0v) is 19.0. The number of carbonyl (C=O) groups is 1. The molecular weight excluding hydrogens is 438 g/mol. The third-order valence-electron chi connectivity index (χ3n) is 5.68. The highest BCUT2D eigenvalue weighted by Crippen LogP contribution is 2.29. The van der Waals surface area contributed by atoms with Crippen LogP contribution in [0.2, 0.25) is 0 Å². The molecular formula is C28H21N5O2. The number of pyridine rings is 1. The molecule has 0 aliphatic carbocycles. The van der Waals surface area contributed by atoms with Crippen molar-refractivity contribution in [2.24, 2.45) is 0 Å². The Labute approximate surface area is 202 Å². The highest BCUT2D eigenvalue weighted by atomic mass is 16.5. The summed E-state index contributed by atoms with van der Waals surface area (Å²) in [6.07, 6.45) is 1.66. The molecule has 0 aliphatic rings. The molecule has 0 fully saturated rings. The number of nitrogens with one attached hydrogen (secondary N) is 1. The van der Waals surface area contributed by atoms with Gasteiger partial charge in [0.05, 0.1) is 53.8 Å². The molecule has 2 heterocycles. The van der Waals surface area contributed by atoms with E-state index in [1.165, 1.54) is 7.11 Å². The highest BCUT2D eigenvalue weighted by Gasteiger charge is 2.19. The minimum absolute atomic E-state index is 0.345. The summed E-state index contributed by atoms with van der Waals surface area (Å²) in [5.41, 5.74) is 4.50. The summed E-state index contributed by atoms with van der Waals surface area (Å²) >= 11 is 0. The Morgan fingerprint density at radius 1 is 1.03 bits per heavy atom. The molecule has 0 aliphatic heterocycles. The Bertz CT molecular complexity index is 1550. The number of rotatable bonds is 6. The molecule has 0 saturated heterocycles. The van der Waals surface area contributed by atoms with E-state index in [0.717, 1.165) is 11.1 Å². The molecule has 0 saturated carbocycles. The van der Waals surface area contributed by atoms with Crippen molar-refractivity contribution in [3.8, 4) is 23.1 Å². The van der Waals surface area contributed by atoms with Crippen molar-refractivity contribution in [2.45, 2.75) is 6.54 Å². The van der Waals surface area contributed by atoms with E-state index in [9.17, 15) is 10.1 Å². The minimum atomic E-state index is -0.345. The summed E-state index contributed by atoms with van der Waals surface area (Å²) in [6.45, 7) is 0.522. The first-order chi connectivity index (χ1) is 17.2. The fourth-order valence-corrected chi connectivity index (χ4v) is 3.93. The van der Waals surface area contributed by atoms with E-state index in [1.54, 1.807) is 35.1 Å². The number of fused-ring (bicyclic) bond motifs is 1. The summed E-state index contributed by atoms with van der Waals surface area (Å²) in [4.78, 5) is 18.4. The largest absolute Gasteiger partial charge is 0.495 e. The lowest BCUT2D eigenvalue weighted by Gasteiger charge is -2.12. The second-order valence-corrected chi connectivity index (χ2v) is 7.93. The molecule has 5 aromatic rings. The standard InChI is InChI=1S/C28H21N5O2/c1-35-26-13-12-20(16-29)14-25(26)32-28(34)22-15-24(21-10-6-3-7-11-21)31-27-23(22)17-30-33(27)18-19-8-4-2-5-9-19/h2-15,17H,18H2,1H3,(H,32,34). The fraction of sp³-hybridized carbons (Fsp3) is 0.0714. The molecule has 35 heavy (non-hydrogen) atoms. The normalized spacial score (nSPS) is 10.6. The molecule has 0 atom stereocenters. The van der Waals surface area contributed by atoms with E-state index in [-0.39, 0.29) is 5.91 Å². The van der Waals surface area contributed by atoms with Gasteiger partial charge in [0.25, 0.3) is 5.91 Å². The summed E-state index contributed by atoms with van der Waals surface area (Å²) in [5, 5.41) is 17.4. The zero-order chi connectivity index (χ0) is 24.2. The molecule has 1 N–H and O–H groups in total. The number of carbonyl (C=O) groups excluding carboxylic acids is 1. The number of methoxy groups -OCH3 is 1. The second-order valence-electron chi connectivity index (χ2n) is 7.93. The quantitative estimate of drug-likeness (QED) is 0.373. The third-order valence-corrected chi connectivity index (χ3v) is 5.68. The molecule has 0 spiro atoms. The van der Waals surface area contributed by atoms with Gasteiger partial charge in [-0.05, 0) is 29.8 Å². The molecule has 0 bridgehead atoms. The van der Waals surface area contributed by atoms with Crippen molar-refractivity contribution in [2.75, 3.05) is 12.4 Å². The SMILES string of the molecule is COc1ccc(C#N)cc1NC(=O)c1cc(-c2ccccc2)nc2c1cnn2Cc1ccccc1. The Hall–Kier alpha value is -4.96. The summed E-state index contributed by atoms with van der Waals surface area (Å²) in [5.74, 6) is 0.118. The molecule has 3 aromatic carbocycles.